The summed E-state index contributed by atoms with van der Waals surface area (Å²) in [4.78, 5) is 5.51. The predicted molar refractivity (Wildman–Crippen MR) is 51.1 cm³/mol. The van der Waals surface area contributed by atoms with Crippen molar-refractivity contribution < 1.29 is 4.84 Å². The first kappa shape index (κ1) is 10.0. The van der Waals surface area contributed by atoms with Crippen LogP contribution in [0.5, 0.6) is 0 Å². The number of rotatable bonds is 0. The minimum atomic E-state index is -0.0578. The van der Waals surface area contributed by atoms with Gasteiger partial charge in [0.25, 0.3) is 0 Å². The van der Waals surface area contributed by atoms with E-state index in [4.69, 9.17) is 4.84 Å². The topological polar surface area (TPSA) is 23.3 Å². The van der Waals surface area contributed by atoms with Crippen LogP contribution >= 0.6 is 0 Å². The second-order valence-corrected chi connectivity index (χ2v) is 4.96. The zero-order valence-corrected chi connectivity index (χ0v) is 8.68. The molecule has 0 atom stereocenters. The molecule has 0 saturated carbocycles. The molecule has 12 heavy (non-hydrogen) atoms. The van der Waals surface area contributed by atoms with Crippen molar-refractivity contribution in [2.45, 2.75) is 64.5 Å². The minimum absolute atomic E-state index is 0.0116. The van der Waals surface area contributed by atoms with Crippen LogP contribution in [0.25, 0.3) is 5.48 Å². The molecular weight excluding hydrogens is 150 g/mol. The molecule has 0 spiro atoms. The first-order valence-electron chi connectivity index (χ1n) is 4.82. The van der Waals surface area contributed by atoms with Crippen molar-refractivity contribution in [2.24, 2.45) is 0 Å². The summed E-state index contributed by atoms with van der Waals surface area (Å²) in [5.41, 5.74) is 4.22. The average molecular weight is 170 g/mol. The van der Waals surface area contributed by atoms with Crippen LogP contribution in [0.15, 0.2) is 0 Å². The van der Waals surface area contributed by atoms with Crippen molar-refractivity contribution in [1.29, 1.82) is 0 Å². The lowest BCUT2D eigenvalue weighted by Gasteiger charge is -2.48. The van der Waals surface area contributed by atoms with Gasteiger partial charge in [0, 0.05) is 5.60 Å². The SMILES string of the molecule is CC1(C)CCCCC(C)(C)O[N-]1. The molecule has 0 aliphatic carbocycles. The molecule has 0 aromatic rings. The van der Waals surface area contributed by atoms with Gasteiger partial charge < -0.3 is 10.3 Å². The zero-order chi connectivity index (χ0) is 9.24. The number of hydrogen-bond donors (Lipinski definition) is 0. The maximum Gasteiger partial charge on any atom is 0.0419 e. The van der Waals surface area contributed by atoms with Gasteiger partial charge in [0.05, 0.1) is 0 Å². The molecule has 0 unspecified atom stereocenters. The van der Waals surface area contributed by atoms with Gasteiger partial charge >= 0.3 is 0 Å². The van der Waals surface area contributed by atoms with Gasteiger partial charge in [-0.15, -0.1) is 5.54 Å². The molecule has 2 nitrogen and oxygen atoms in total. The van der Waals surface area contributed by atoms with E-state index in [0.717, 1.165) is 12.8 Å². The number of hydroxylamine groups is 1. The summed E-state index contributed by atoms with van der Waals surface area (Å²) in [5.74, 6) is 0. The van der Waals surface area contributed by atoms with E-state index < -0.39 is 0 Å². The van der Waals surface area contributed by atoms with Crippen LogP contribution in [-0.4, -0.2) is 11.1 Å². The average Bonchev–Trinajstić information content (AvgIpc) is 1.94. The molecular formula is C10H20NO-. The van der Waals surface area contributed by atoms with E-state index in [9.17, 15) is 0 Å². The zero-order valence-electron chi connectivity index (χ0n) is 8.68. The van der Waals surface area contributed by atoms with Crippen LogP contribution in [0, 0.1) is 0 Å². The molecule has 0 aromatic carbocycles. The molecule has 0 bridgehead atoms. The highest BCUT2D eigenvalue weighted by atomic mass is 16.7. The highest BCUT2D eigenvalue weighted by Gasteiger charge is 2.19. The molecule has 1 fully saturated rings. The fourth-order valence-electron chi connectivity index (χ4n) is 1.45. The number of hydrogen-bond acceptors (Lipinski definition) is 1. The van der Waals surface area contributed by atoms with Gasteiger partial charge in [0.15, 0.2) is 0 Å². The minimum Gasteiger partial charge on any atom is -0.529 e. The van der Waals surface area contributed by atoms with E-state index in [1.54, 1.807) is 0 Å². The Labute approximate surface area is 75.6 Å². The van der Waals surface area contributed by atoms with Crippen molar-refractivity contribution in [3.63, 3.8) is 0 Å². The van der Waals surface area contributed by atoms with Crippen LogP contribution in [0.2, 0.25) is 0 Å². The molecule has 2 heteroatoms. The molecule has 1 heterocycles. The van der Waals surface area contributed by atoms with Crippen LogP contribution in [-0.2, 0) is 4.84 Å². The molecule has 0 aromatic heterocycles. The van der Waals surface area contributed by atoms with Gasteiger partial charge in [-0.3, -0.25) is 0 Å². The fraction of sp³-hybridized carbons (Fsp3) is 1.00. The second-order valence-electron chi connectivity index (χ2n) is 4.96. The van der Waals surface area contributed by atoms with Gasteiger partial charge in [0.2, 0.25) is 0 Å². The summed E-state index contributed by atoms with van der Waals surface area (Å²) < 4.78 is 0. The summed E-state index contributed by atoms with van der Waals surface area (Å²) in [6, 6.07) is 0. The van der Waals surface area contributed by atoms with E-state index in [2.05, 4.69) is 33.2 Å². The van der Waals surface area contributed by atoms with E-state index in [1.165, 1.54) is 12.8 Å². The molecule has 1 saturated heterocycles. The molecule has 1 rings (SSSR count). The van der Waals surface area contributed by atoms with Crippen LogP contribution in [0.4, 0.5) is 0 Å². The van der Waals surface area contributed by atoms with Crippen molar-refractivity contribution >= 4 is 0 Å². The molecule has 1 aliphatic heterocycles. The predicted octanol–water partition coefficient (Wildman–Crippen LogP) is 3.42. The maximum atomic E-state index is 5.51. The first-order valence-corrected chi connectivity index (χ1v) is 4.82. The Balaban J connectivity index is 2.51. The lowest BCUT2D eigenvalue weighted by atomic mass is 9.93. The van der Waals surface area contributed by atoms with Crippen LogP contribution in [0.3, 0.4) is 0 Å². The Morgan fingerprint density at radius 3 is 2.25 bits per heavy atom. The van der Waals surface area contributed by atoms with Crippen molar-refractivity contribution in [3.05, 3.63) is 5.48 Å². The third kappa shape index (κ3) is 3.11. The lowest BCUT2D eigenvalue weighted by molar-refractivity contribution is -0.00159. The summed E-state index contributed by atoms with van der Waals surface area (Å²) >= 11 is 0. The fourth-order valence-corrected chi connectivity index (χ4v) is 1.45. The molecule has 0 N–H and O–H groups in total. The third-order valence-corrected chi connectivity index (χ3v) is 2.36. The highest BCUT2D eigenvalue weighted by Crippen LogP contribution is 2.32. The van der Waals surface area contributed by atoms with E-state index in [0.29, 0.717) is 0 Å². The Kier molecular flexibility index (Phi) is 2.79. The quantitative estimate of drug-likeness (QED) is 0.546. The smallest absolute Gasteiger partial charge is 0.0419 e. The van der Waals surface area contributed by atoms with Gasteiger partial charge in [-0.1, -0.05) is 33.1 Å². The summed E-state index contributed by atoms with van der Waals surface area (Å²) in [7, 11) is 0. The highest BCUT2D eigenvalue weighted by molar-refractivity contribution is 4.95. The Bertz CT molecular complexity index is 134. The van der Waals surface area contributed by atoms with Gasteiger partial charge in [-0.2, -0.15) is 0 Å². The van der Waals surface area contributed by atoms with E-state index >= 15 is 0 Å². The Morgan fingerprint density at radius 1 is 1.00 bits per heavy atom. The molecule has 0 radical (unpaired) electrons. The van der Waals surface area contributed by atoms with Crippen molar-refractivity contribution in [3.8, 4) is 0 Å². The van der Waals surface area contributed by atoms with Crippen LogP contribution < -0.4 is 0 Å². The maximum absolute atomic E-state index is 5.51. The summed E-state index contributed by atoms with van der Waals surface area (Å²) in [6.07, 6.45) is 4.78. The van der Waals surface area contributed by atoms with Gasteiger partial charge in [-0.05, 0) is 20.3 Å². The first-order chi connectivity index (χ1) is 5.41. The molecule has 0 amide bonds. The standard InChI is InChI=1S/C10H20NO/c1-9(2)7-5-6-8-10(3,4)12-11-9/h5-8H2,1-4H3/q-1. The number of nitrogens with zero attached hydrogens (tertiary/aromatic N) is 1. The largest absolute Gasteiger partial charge is 0.529 e. The molecule has 1 aliphatic rings. The van der Waals surface area contributed by atoms with Crippen molar-refractivity contribution in [1.82, 2.24) is 0 Å². The van der Waals surface area contributed by atoms with E-state index in [1.807, 2.05) is 0 Å². The van der Waals surface area contributed by atoms with Crippen molar-refractivity contribution in [2.75, 3.05) is 0 Å². The van der Waals surface area contributed by atoms with Gasteiger partial charge in [0.1, 0.15) is 0 Å². The monoisotopic (exact) mass is 170 g/mol. The normalized spacial score (nSPS) is 29.0. The van der Waals surface area contributed by atoms with Crippen LogP contribution in [0.1, 0.15) is 53.4 Å². The van der Waals surface area contributed by atoms with Gasteiger partial charge in [-0.25, -0.2) is 0 Å². The lowest BCUT2D eigenvalue weighted by Crippen LogP contribution is -2.30. The Hall–Kier alpha value is -0.0800. The third-order valence-electron chi connectivity index (χ3n) is 2.36. The van der Waals surface area contributed by atoms with E-state index in [-0.39, 0.29) is 11.1 Å². The second kappa shape index (κ2) is 3.35. The summed E-state index contributed by atoms with van der Waals surface area (Å²) in [6.45, 7) is 8.48. The summed E-state index contributed by atoms with van der Waals surface area (Å²) in [5, 5.41) is 0. The molecule has 72 valence electrons. The Morgan fingerprint density at radius 2 is 1.58 bits per heavy atom.